The summed E-state index contributed by atoms with van der Waals surface area (Å²) in [5.41, 5.74) is -0.514. The highest BCUT2D eigenvalue weighted by molar-refractivity contribution is 5.76. The predicted octanol–water partition coefficient (Wildman–Crippen LogP) is 1.04. The van der Waals surface area contributed by atoms with Crippen molar-refractivity contribution in [2.45, 2.75) is 39.2 Å². The van der Waals surface area contributed by atoms with Gasteiger partial charge in [0.25, 0.3) is 0 Å². The van der Waals surface area contributed by atoms with Gasteiger partial charge in [0.15, 0.2) is 0 Å². The normalized spacial score (nSPS) is 10.2. The lowest BCUT2D eigenvalue weighted by atomic mass is 10.2. The number of carbonyl (C=O) groups is 2. The van der Waals surface area contributed by atoms with Crippen molar-refractivity contribution >= 4 is 12.0 Å². The molecule has 0 spiro atoms. The van der Waals surface area contributed by atoms with Crippen LogP contribution in [-0.2, 0) is 9.53 Å². The first kappa shape index (κ1) is 15.3. The second-order valence-corrected chi connectivity index (χ2v) is 4.48. The highest BCUT2D eigenvalue weighted by Crippen LogP contribution is 2.05. The molecule has 5 nitrogen and oxygen atoms in total. The number of ether oxygens (including phenoxy) is 1. The molecule has 0 heterocycles. The van der Waals surface area contributed by atoms with Crippen LogP contribution in [0.2, 0.25) is 0 Å². The van der Waals surface area contributed by atoms with Gasteiger partial charge in [-0.3, -0.25) is 4.79 Å². The molecule has 0 aromatic rings. The zero-order valence-electron chi connectivity index (χ0n) is 10.6. The SMILES string of the molecule is C#CCCC(=O)NCCNC(=O)OC(C)(C)C. The minimum absolute atomic E-state index is 0.117. The van der Waals surface area contributed by atoms with Crippen molar-refractivity contribution < 1.29 is 14.3 Å². The molecule has 0 saturated heterocycles. The Bertz CT molecular complexity index is 300. The third-order valence-corrected chi connectivity index (χ3v) is 1.61. The molecule has 0 aromatic carbocycles. The number of rotatable bonds is 5. The Labute approximate surface area is 102 Å². The number of hydrogen-bond acceptors (Lipinski definition) is 3. The van der Waals surface area contributed by atoms with Gasteiger partial charge in [-0.1, -0.05) is 0 Å². The number of nitrogens with one attached hydrogen (secondary N) is 2. The summed E-state index contributed by atoms with van der Waals surface area (Å²) in [5.74, 6) is 2.27. The van der Waals surface area contributed by atoms with Crippen LogP contribution >= 0.6 is 0 Å². The van der Waals surface area contributed by atoms with Gasteiger partial charge in [-0.2, -0.15) is 0 Å². The zero-order chi connectivity index (χ0) is 13.3. The van der Waals surface area contributed by atoms with Gasteiger partial charge in [0, 0.05) is 25.9 Å². The van der Waals surface area contributed by atoms with E-state index in [1.54, 1.807) is 20.8 Å². The second kappa shape index (κ2) is 7.55. The van der Waals surface area contributed by atoms with Crippen LogP contribution in [0.1, 0.15) is 33.6 Å². The quantitative estimate of drug-likeness (QED) is 0.557. The number of amides is 2. The summed E-state index contributed by atoms with van der Waals surface area (Å²) in [6.45, 7) is 6.05. The first-order valence-electron chi connectivity index (χ1n) is 5.52. The molecule has 0 saturated carbocycles. The Morgan fingerprint density at radius 3 is 2.35 bits per heavy atom. The molecule has 0 aliphatic heterocycles. The second-order valence-electron chi connectivity index (χ2n) is 4.48. The van der Waals surface area contributed by atoms with Gasteiger partial charge in [-0.15, -0.1) is 12.3 Å². The van der Waals surface area contributed by atoms with Crippen LogP contribution < -0.4 is 10.6 Å². The van der Waals surface area contributed by atoms with E-state index in [0.717, 1.165) is 0 Å². The molecule has 0 rings (SSSR count). The summed E-state index contributed by atoms with van der Waals surface area (Å²) in [5, 5.41) is 5.17. The molecular weight excluding hydrogens is 220 g/mol. The van der Waals surface area contributed by atoms with Crippen LogP contribution in [0.4, 0.5) is 4.79 Å². The summed E-state index contributed by atoms with van der Waals surface area (Å²) < 4.78 is 5.02. The van der Waals surface area contributed by atoms with E-state index in [1.165, 1.54) is 0 Å². The van der Waals surface area contributed by atoms with Gasteiger partial charge in [0.2, 0.25) is 5.91 Å². The van der Waals surface area contributed by atoms with E-state index in [1.807, 2.05) is 0 Å². The maximum atomic E-state index is 11.2. The lowest BCUT2D eigenvalue weighted by Gasteiger charge is -2.19. The molecule has 0 aliphatic rings. The fraction of sp³-hybridized carbons (Fsp3) is 0.667. The summed E-state index contributed by atoms with van der Waals surface area (Å²) in [6.07, 6.45) is 5.27. The molecule has 5 heteroatoms. The maximum Gasteiger partial charge on any atom is 0.407 e. The minimum atomic E-state index is -0.514. The van der Waals surface area contributed by atoms with Gasteiger partial charge < -0.3 is 15.4 Å². The van der Waals surface area contributed by atoms with Gasteiger partial charge in [0.05, 0.1) is 0 Å². The highest BCUT2D eigenvalue weighted by Gasteiger charge is 2.15. The molecule has 2 amide bonds. The Kier molecular flexibility index (Phi) is 6.80. The van der Waals surface area contributed by atoms with Crippen LogP contribution in [0, 0.1) is 12.3 Å². The minimum Gasteiger partial charge on any atom is -0.444 e. The fourth-order valence-electron chi connectivity index (χ4n) is 0.955. The maximum absolute atomic E-state index is 11.2. The first-order valence-corrected chi connectivity index (χ1v) is 5.52. The lowest BCUT2D eigenvalue weighted by Crippen LogP contribution is -2.37. The number of alkyl carbamates (subject to hydrolysis) is 1. The van der Waals surface area contributed by atoms with Crippen LogP contribution in [0.15, 0.2) is 0 Å². The van der Waals surface area contributed by atoms with Crippen LogP contribution in [0.3, 0.4) is 0 Å². The van der Waals surface area contributed by atoms with E-state index < -0.39 is 11.7 Å². The third-order valence-electron chi connectivity index (χ3n) is 1.61. The average molecular weight is 240 g/mol. The van der Waals surface area contributed by atoms with Crippen molar-refractivity contribution in [1.82, 2.24) is 10.6 Å². The van der Waals surface area contributed by atoms with Crippen molar-refractivity contribution in [3.05, 3.63) is 0 Å². The van der Waals surface area contributed by atoms with Crippen LogP contribution in [0.5, 0.6) is 0 Å². The van der Waals surface area contributed by atoms with E-state index in [-0.39, 0.29) is 5.91 Å². The fourth-order valence-corrected chi connectivity index (χ4v) is 0.955. The molecule has 0 unspecified atom stereocenters. The summed E-state index contributed by atoms with van der Waals surface area (Å²) in [4.78, 5) is 22.3. The topological polar surface area (TPSA) is 67.4 Å². The van der Waals surface area contributed by atoms with Crippen molar-refractivity contribution in [1.29, 1.82) is 0 Å². The van der Waals surface area contributed by atoms with Crippen LogP contribution in [-0.4, -0.2) is 30.7 Å². The van der Waals surface area contributed by atoms with Gasteiger partial charge in [-0.25, -0.2) is 4.79 Å². The van der Waals surface area contributed by atoms with Crippen molar-refractivity contribution in [2.75, 3.05) is 13.1 Å². The number of terminal acetylenes is 1. The van der Waals surface area contributed by atoms with Gasteiger partial charge >= 0.3 is 6.09 Å². The molecule has 0 atom stereocenters. The van der Waals surface area contributed by atoms with Crippen molar-refractivity contribution in [3.8, 4) is 12.3 Å². The van der Waals surface area contributed by atoms with Crippen molar-refractivity contribution in [2.24, 2.45) is 0 Å². The molecule has 17 heavy (non-hydrogen) atoms. The van der Waals surface area contributed by atoms with E-state index in [0.29, 0.717) is 25.9 Å². The molecule has 96 valence electrons. The molecule has 0 aliphatic carbocycles. The molecule has 0 radical (unpaired) electrons. The van der Waals surface area contributed by atoms with Gasteiger partial charge in [0.1, 0.15) is 5.60 Å². The first-order chi connectivity index (χ1) is 7.85. The third kappa shape index (κ3) is 10.6. The number of carbonyl (C=O) groups excluding carboxylic acids is 2. The number of hydrogen-bond donors (Lipinski definition) is 2. The summed E-state index contributed by atoms with van der Waals surface area (Å²) >= 11 is 0. The van der Waals surface area contributed by atoms with Gasteiger partial charge in [-0.05, 0) is 20.8 Å². The molecule has 0 bridgehead atoms. The molecular formula is C12H20N2O3. The monoisotopic (exact) mass is 240 g/mol. The smallest absolute Gasteiger partial charge is 0.407 e. The Hall–Kier alpha value is -1.70. The Morgan fingerprint density at radius 2 is 1.82 bits per heavy atom. The Morgan fingerprint density at radius 1 is 1.24 bits per heavy atom. The lowest BCUT2D eigenvalue weighted by molar-refractivity contribution is -0.120. The predicted molar refractivity (Wildman–Crippen MR) is 65.3 cm³/mol. The van der Waals surface area contributed by atoms with E-state index in [9.17, 15) is 9.59 Å². The van der Waals surface area contributed by atoms with Crippen molar-refractivity contribution in [3.63, 3.8) is 0 Å². The molecule has 0 aromatic heterocycles. The van der Waals surface area contributed by atoms with E-state index >= 15 is 0 Å². The largest absolute Gasteiger partial charge is 0.444 e. The van der Waals surface area contributed by atoms with Crippen LogP contribution in [0.25, 0.3) is 0 Å². The average Bonchev–Trinajstić information content (AvgIpc) is 2.19. The highest BCUT2D eigenvalue weighted by atomic mass is 16.6. The zero-order valence-corrected chi connectivity index (χ0v) is 10.6. The summed E-state index contributed by atoms with van der Waals surface area (Å²) in [7, 11) is 0. The molecule has 2 N–H and O–H groups in total. The molecule has 0 fully saturated rings. The van der Waals surface area contributed by atoms with E-state index in [4.69, 9.17) is 11.2 Å². The van der Waals surface area contributed by atoms with E-state index in [2.05, 4.69) is 16.6 Å². The standard InChI is InChI=1S/C12H20N2O3/c1-5-6-7-10(15)13-8-9-14-11(16)17-12(2,3)4/h1H,6-9H2,2-4H3,(H,13,15)(H,14,16). The summed E-state index contributed by atoms with van der Waals surface area (Å²) in [6, 6.07) is 0. The Balaban J connectivity index is 3.55.